The maximum absolute atomic E-state index is 13.7. The van der Waals surface area contributed by atoms with Gasteiger partial charge in [0.05, 0.1) is 13.2 Å². The fourth-order valence-electron chi connectivity index (χ4n) is 4.10. The topological polar surface area (TPSA) is 98.4 Å². The molecule has 0 atom stereocenters. The molecule has 0 saturated heterocycles. The summed E-state index contributed by atoms with van der Waals surface area (Å²) in [6.07, 6.45) is 2.84. The van der Waals surface area contributed by atoms with Crippen LogP contribution in [0.5, 0.6) is 0 Å². The Morgan fingerprint density at radius 1 is 1.11 bits per heavy atom. The van der Waals surface area contributed by atoms with Crippen molar-refractivity contribution in [2.75, 3.05) is 19.5 Å². The first-order valence-corrected chi connectivity index (χ1v) is 12.4. The zero-order chi connectivity index (χ0) is 25.7. The number of rotatable bonds is 9. The summed E-state index contributed by atoms with van der Waals surface area (Å²) in [5.41, 5.74) is 7.97. The van der Waals surface area contributed by atoms with Crippen LogP contribution in [0.15, 0.2) is 71.4 Å². The standard InChI is InChI=1S/C28H28N4O3S/c1-18(32(17-33)16-21-15-30-19(2)31-27(21)29)26(12-13-35-3)36-28(34)25-14-20-8-4-5-9-22(20)23-10-6-7-11-24(23)25/h4-11,14-15,17H,12-13,16H2,1-3H3,(H2,29,30,31)/b26-18-. The molecule has 36 heavy (non-hydrogen) atoms. The van der Waals surface area contributed by atoms with Crippen LogP contribution in [0.3, 0.4) is 0 Å². The average molecular weight is 501 g/mol. The second kappa shape index (κ2) is 11.3. The molecule has 0 aliphatic carbocycles. The number of anilines is 1. The monoisotopic (exact) mass is 500 g/mol. The van der Waals surface area contributed by atoms with Crippen molar-refractivity contribution in [1.82, 2.24) is 14.9 Å². The lowest BCUT2D eigenvalue weighted by molar-refractivity contribution is -0.116. The van der Waals surface area contributed by atoms with E-state index in [0.29, 0.717) is 41.5 Å². The van der Waals surface area contributed by atoms with E-state index >= 15 is 0 Å². The second-order valence-corrected chi connectivity index (χ2v) is 9.46. The molecule has 0 fully saturated rings. The van der Waals surface area contributed by atoms with Gasteiger partial charge in [0.25, 0.3) is 0 Å². The third-order valence-electron chi connectivity index (χ3n) is 6.06. The van der Waals surface area contributed by atoms with Crippen molar-refractivity contribution >= 4 is 50.7 Å². The maximum atomic E-state index is 13.7. The molecule has 4 aromatic rings. The lowest BCUT2D eigenvalue weighted by atomic mass is 9.98. The number of nitrogens with zero attached hydrogens (tertiary/aromatic N) is 3. The predicted octanol–water partition coefficient (Wildman–Crippen LogP) is 5.47. The summed E-state index contributed by atoms with van der Waals surface area (Å²) in [5, 5.41) is 3.94. The highest BCUT2D eigenvalue weighted by Crippen LogP contribution is 2.35. The van der Waals surface area contributed by atoms with E-state index in [4.69, 9.17) is 10.5 Å². The third-order valence-corrected chi connectivity index (χ3v) is 7.21. The molecule has 0 radical (unpaired) electrons. The van der Waals surface area contributed by atoms with Crippen molar-refractivity contribution in [2.24, 2.45) is 0 Å². The summed E-state index contributed by atoms with van der Waals surface area (Å²) >= 11 is 1.13. The van der Waals surface area contributed by atoms with E-state index < -0.39 is 0 Å². The Kier molecular flexibility index (Phi) is 7.97. The Labute approximate surface area is 214 Å². The van der Waals surface area contributed by atoms with Crippen molar-refractivity contribution in [3.05, 3.63) is 88.3 Å². The number of benzene rings is 3. The number of hydrogen-bond acceptors (Lipinski definition) is 7. The zero-order valence-corrected chi connectivity index (χ0v) is 21.3. The molecule has 1 amide bonds. The summed E-state index contributed by atoms with van der Waals surface area (Å²) in [4.78, 5) is 36.4. The van der Waals surface area contributed by atoms with Gasteiger partial charge in [-0.15, -0.1) is 0 Å². The molecule has 0 unspecified atom stereocenters. The highest BCUT2D eigenvalue weighted by Gasteiger charge is 2.20. The number of ether oxygens (including phenoxy) is 1. The number of aryl methyl sites for hydroxylation is 1. The summed E-state index contributed by atoms with van der Waals surface area (Å²) in [5.74, 6) is 0.887. The minimum Gasteiger partial charge on any atom is -0.384 e. The van der Waals surface area contributed by atoms with E-state index in [0.717, 1.165) is 44.6 Å². The Hall–Kier alpha value is -3.75. The minimum absolute atomic E-state index is 0.0913. The summed E-state index contributed by atoms with van der Waals surface area (Å²) in [7, 11) is 1.61. The molecular formula is C28H28N4O3S. The fraction of sp³-hybridized carbons (Fsp3) is 0.214. The van der Waals surface area contributed by atoms with Gasteiger partial charge in [-0.2, -0.15) is 0 Å². The highest BCUT2D eigenvalue weighted by molar-refractivity contribution is 8.17. The smallest absolute Gasteiger partial charge is 0.224 e. The van der Waals surface area contributed by atoms with Crippen LogP contribution in [0, 0.1) is 6.92 Å². The second-order valence-electron chi connectivity index (χ2n) is 8.39. The molecule has 0 aliphatic rings. The molecule has 184 valence electrons. The van der Waals surface area contributed by atoms with Gasteiger partial charge in [0, 0.05) is 41.5 Å². The number of thioether (sulfide) groups is 1. The zero-order valence-electron chi connectivity index (χ0n) is 20.5. The molecule has 3 aromatic carbocycles. The molecule has 0 aliphatic heterocycles. The van der Waals surface area contributed by atoms with Crippen LogP contribution >= 0.6 is 11.8 Å². The van der Waals surface area contributed by atoms with Gasteiger partial charge in [-0.25, -0.2) is 9.97 Å². The molecule has 0 spiro atoms. The number of fused-ring (bicyclic) bond motifs is 3. The lowest BCUT2D eigenvalue weighted by Crippen LogP contribution is -2.22. The van der Waals surface area contributed by atoms with Crippen LogP contribution in [0.2, 0.25) is 0 Å². The van der Waals surface area contributed by atoms with Crippen molar-refractivity contribution < 1.29 is 14.3 Å². The molecular weight excluding hydrogens is 472 g/mol. The van der Waals surface area contributed by atoms with Crippen LogP contribution in [-0.4, -0.2) is 40.1 Å². The number of carbonyl (C=O) groups is 2. The molecule has 7 nitrogen and oxygen atoms in total. The molecule has 1 aromatic heterocycles. The van der Waals surface area contributed by atoms with E-state index in [1.165, 1.54) is 4.90 Å². The minimum atomic E-state index is -0.0913. The largest absolute Gasteiger partial charge is 0.384 e. The Morgan fingerprint density at radius 3 is 2.50 bits per heavy atom. The number of methoxy groups -OCH3 is 1. The predicted molar refractivity (Wildman–Crippen MR) is 145 cm³/mol. The number of allylic oxidation sites excluding steroid dienone is 1. The van der Waals surface area contributed by atoms with Gasteiger partial charge in [-0.1, -0.05) is 48.5 Å². The Balaban J connectivity index is 1.71. The molecule has 1 heterocycles. The Morgan fingerprint density at radius 2 is 1.81 bits per heavy atom. The number of aromatic nitrogens is 2. The van der Waals surface area contributed by atoms with Crippen molar-refractivity contribution in [2.45, 2.75) is 26.8 Å². The van der Waals surface area contributed by atoms with Gasteiger partial charge in [0.15, 0.2) is 0 Å². The van der Waals surface area contributed by atoms with Gasteiger partial charge in [-0.3, -0.25) is 9.59 Å². The summed E-state index contributed by atoms with van der Waals surface area (Å²) in [6.45, 7) is 4.19. The number of carbonyl (C=O) groups excluding carboxylic acids is 2. The third kappa shape index (κ3) is 5.40. The number of hydrogen-bond donors (Lipinski definition) is 1. The molecule has 2 N–H and O–H groups in total. The van der Waals surface area contributed by atoms with Crippen molar-refractivity contribution in [1.29, 1.82) is 0 Å². The average Bonchev–Trinajstić information content (AvgIpc) is 2.89. The van der Waals surface area contributed by atoms with Gasteiger partial charge in [0.2, 0.25) is 11.5 Å². The fourth-order valence-corrected chi connectivity index (χ4v) is 5.06. The number of nitrogens with two attached hydrogens (primary N) is 1. The summed E-state index contributed by atoms with van der Waals surface area (Å²) < 4.78 is 5.30. The van der Waals surface area contributed by atoms with Crippen molar-refractivity contribution in [3.8, 4) is 0 Å². The quantitative estimate of drug-likeness (QED) is 0.240. The van der Waals surface area contributed by atoms with E-state index in [1.54, 1.807) is 20.2 Å². The van der Waals surface area contributed by atoms with Crippen LogP contribution in [0.25, 0.3) is 21.5 Å². The van der Waals surface area contributed by atoms with E-state index in [2.05, 4.69) is 16.0 Å². The van der Waals surface area contributed by atoms with Crippen LogP contribution in [0.1, 0.15) is 35.1 Å². The van der Waals surface area contributed by atoms with Gasteiger partial charge in [-0.05, 0) is 53.2 Å². The highest BCUT2D eigenvalue weighted by atomic mass is 32.2. The van der Waals surface area contributed by atoms with Crippen LogP contribution in [0.4, 0.5) is 5.82 Å². The van der Waals surface area contributed by atoms with Gasteiger partial charge < -0.3 is 15.4 Å². The summed E-state index contributed by atoms with van der Waals surface area (Å²) in [6, 6.07) is 17.9. The van der Waals surface area contributed by atoms with E-state index in [-0.39, 0.29) is 11.7 Å². The van der Waals surface area contributed by atoms with Crippen LogP contribution in [-0.2, 0) is 16.1 Å². The van der Waals surface area contributed by atoms with Gasteiger partial charge in [0.1, 0.15) is 11.6 Å². The molecule has 8 heteroatoms. The van der Waals surface area contributed by atoms with E-state index in [1.807, 2.05) is 55.5 Å². The molecule has 4 rings (SSSR count). The molecule has 0 bridgehead atoms. The first-order valence-electron chi connectivity index (χ1n) is 11.5. The van der Waals surface area contributed by atoms with Gasteiger partial charge >= 0.3 is 0 Å². The Bertz CT molecular complexity index is 1470. The maximum Gasteiger partial charge on any atom is 0.224 e. The number of nitrogen functional groups attached to an aromatic ring is 1. The van der Waals surface area contributed by atoms with Crippen molar-refractivity contribution in [3.63, 3.8) is 0 Å². The van der Waals surface area contributed by atoms with E-state index in [9.17, 15) is 9.59 Å². The number of amides is 1. The van der Waals surface area contributed by atoms with Crippen LogP contribution < -0.4 is 5.73 Å². The lowest BCUT2D eigenvalue weighted by Gasteiger charge is -2.22. The first-order chi connectivity index (χ1) is 17.4. The molecule has 0 saturated carbocycles. The SMILES string of the molecule is COCC/C(SC(=O)c1cc2ccccc2c2ccccc12)=C(\C)N(C=O)Cc1cnc(C)nc1N. The normalized spacial score (nSPS) is 12.0. The first kappa shape index (κ1) is 25.3.